The van der Waals surface area contributed by atoms with Crippen molar-refractivity contribution in [2.45, 2.75) is 13.5 Å². The van der Waals surface area contributed by atoms with E-state index in [2.05, 4.69) is 10.3 Å². The van der Waals surface area contributed by atoms with Gasteiger partial charge in [-0.05, 0) is 72.6 Å². The summed E-state index contributed by atoms with van der Waals surface area (Å²) in [6.45, 7) is 1.81. The fraction of sp³-hybridized carbons (Fsp3) is 0.171. The van der Waals surface area contributed by atoms with Crippen LogP contribution in [0.3, 0.4) is 0 Å². The van der Waals surface area contributed by atoms with Gasteiger partial charge in [-0.3, -0.25) is 18.5 Å². The van der Waals surface area contributed by atoms with Crippen molar-refractivity contribution in [1.82, 2.24) is 14.9 Å². The fourth-order valence-electron chi connectivity index (χ4n) is 5.63. The summed E-state index contributed by atoms with van der Waals surface area (Å²) in [6, 6.07) is 17.6. The molecule has 2 aromatic heterocycles. The van der Waals surface area contributed by atoms with Gasteiger partial charge in [0.15, 0.2) is 0 Å². The standard InChI is InChI=1S/C35H30F2N4O6S/c1-19-39-32-27(35(43)41(19)18-20-6-10-23(36)11-7-20)14-22(15-30(32)46-4)25-16-26-29(17-28(25)40(3)48(5,44)45)47-33(31(26)34(42)38-2)21-8-12-24(37)13-9-21/h6-17H,18H2,1-5H3,(H,38,42). The Morgan fingerprint density at radius 2 is 1.62 bits per heavy atom. The van der Waals surface area contributed by atoms with E-state index in [1.54, 1.807) is 37.3 Å². The number of ether oxygens (including phenoxy) is 1. The Morgan fingerprint density at radius 3 is 2.23 bits per heavy atom. The first kappa shape index (κ1) is 32.4. The third kappa shape index (κ3) is 5.77. The largest absolute Gasteiger partial charge is 0.494 e. The van der Waals surface area contributed by atoms with E-state index < -0.39 is 33.1 Å². The number of nitrogens with zero attached hydrogens (tertiary/aromatic N) is 3. The molecule has 0 radical (unpaired) electrons. The minimum absolute atomic E-state index is 0.130. The van der Waals surface area contributed by atoms with E-state index in [4.69, 9.17) is 9.15 Å². The van der Waals surface area contributed by atoms with E-state index in [-0.39, 0.29) is 40.3 Å². The molecule has 6 rings (SSSR count). The Morgan fingerprint density at radius 1 is 0.979 bits per heavy atom. The molecule has 0 aliphatic rings. The average molecular weight is 673 g/mol. The number of carbonyl (C=O) groups excluding carboxylic acids is 1. The molecule has 1 N–H and O–H groups in total. The lowest BCUT2D eigenvalue weighted by atomic mass is 9.97. The van der Waals surface area contributed by atoms with E-state index in [0.717, 1.165) is 10.6 Å². The number of anilines is 1. The first-order valence-electron chi connectivity index (χ1n) is 14.7. The van der Waals surface area contributed by atoms with Crippen LogP contribution in [0.5, 0.6) is 5.75 Å². The molecular formula is C35H30F2N4O6S. The van der Waals surface area contributed by atoms with Gasteiger partial charge < -0.3 is 14.5 Å². The Hall–Kier alpha value is -5.56. The van der Waals surface area contributed by atoms with Crippen LogP contribution in [0.25, 0.3) is 44.3 Å². The third-order valence-corrected chi connectivity index (χ3v) is 9.39. The second kappa shape index (κ2) is 12.2. The molecular weight excluding hydrogens is 642 g/mol. The van der Waals surface area contributed by atoms with Gasteiger partial charge in [0.2, 0.25) is 10.0 Å². The van der Waals surface area contributed by atoms with E-state index in [9.17, 15) is 26.8 Å². The summed E-state index contributed by atoms with van der Waals surface area (Å²) >= 11 is 0. The molecule has 2 heterocycles. The smallest absolute Gasteiger partial charge is 0.261 e. The third-order valence-electron chi connectivity index (χ3n) is 8.20. The molecule has 10 nitrogen and oxygen atoms in total. The number of halogens is 2. The number of sulfonamides is 1. The van der Waals surface area contributed by atoms with Crippen LogP contribution in [0.2, 0.25) is 0 Å². The quantitative estimate of drug-likeness (QED) is 0.214. The maximum absolute atomic E-state index is 14.0. The lowest BCUT2D eigenvalue weighted by molar-refractivity contribution is 0.0964. The molecule has 0 saturated heterocycles. The number of aromatic nitrogens is 2. The zero-order chi connectivity index (χ0) is 34.5. The van der Waals surface area contributed by atoms with Gasteiger partial charge in [0.25, 0.3) is 11.5 Å². The lowest BCUT2D eigenvalue weighted by Crippen LogP contribution is -2.26. The fourth-order valence-corrected chi connectivity index (χ4v) is 6.14. The number of carbonyl (C=O) groups is 1. The predicted octanol–water partition coefficient (Wildman–Crippen LogP) is 5.88. The van der Waals surface area contributed by atoms with Crippen molar-refractivity contribution in [3.63, 3.8) is 0 Å². The highest BCUT2D eigenvalue weighted by Crippen LogP contribution is 2.42. The van der Waals surface area contributed by atoms with Gasteiger partial charge >= 0.3 is 0 Å². The topological polar surface area (TPSA) is 124 Å². The summed E-state index contributed by atoms with van der Waals surface area (Å²) in [5.41, 5.74) is 2.32. The van der Waals surface area contributed by atoms with Crippen LogP contribution in [0, 0.1) is 18.6 Å². The number of hydrogen-bond donors (Lipinski definition) is 1. The van der Waals surface area contributed by atoms with Gasteiger partial charge in [-0.2, -0.15) is 0 Å². The van der Waals surface area contributed by atoms with Crippen LogP contribution in [0.1, 0.15) is 21.7 Å². The van der Waals surface area contributed by atoms with Crippen LogP contribution in [-0.4, -0.2) is 51.3 Å². The van der Waals surface area contributed by atoms with E-state index >= 15 is 0 Å². The molecule has 6 aromatic rings. The molecule has 0 aliphatic heterocycles. The van der Waals surface area contributed by atoms with E-state index in [0.29, 0.717) is 39.0 Å². The molecule has 0 saturated carbocycles. The molecule has 0 bridgehead atoms. The van der Waals surface area contributed by atoms with E-state index in [1.165, 1.54) is 68.2 Å². The van der Waals surface area contributed by atoms with Crippen LogP contribution >= 0.6 is 0 Å². The Kier molecular flexibility index (Phi) is 8.25. The average Bonchev–Trinajstić information content (AvgIpc) is 3.44. The monoisotopic (exact) mass is 672 g/mol. The molecule has 246 valence electrons. The minimum Gasteiger partial charge on any atom is -0.494 e. The summed E-state index contributed by atoms with van der Waals surface area (Å²) < 4.78 is 67.5. The number of furan rings is 1. The second-order valence-electron chi connectivity index (χ2n) is 11.2. The first-order valence-corrected chi connectivity index (χ1v) is 16.5. The molecule has 0 spiro atoms. The van der Waals surface area contributed by atoms with Crippen molar-refractivity contribution < 1.29 is 31.1 Å². The molecule has 0 fully saturated rings. The Bertz CT molecular complexity index is 2400. The normalized spacial score (nSPS) is 11.6. The van der Waals surface area contributed by atoms with Crippen molar-refractivity contribution >= 4 is 43.5 Å². The van der Waals surface area contributed by atoms with Crippen LogP contribution in [0.15, 0.2) is 82.0 Å². The van der Waals surface area contributed by atoms with Crippen molar-refractivity contribution in [2.75, 3.05) is 31.8 Å². The van der Waals surface area contributed by atoms with Gasteiger partial charge in [-0.25, -0.2) is 22.2 Å². The van der Waals surface area contributed by atoms with Gasteiger partial charge in [0.1, 0.15) is 40.1 Å². The highest BCUT2D eigenvalue weighted by atomic mass is 32.2. The molecule has 4 aromatic carbocycles. The molecule has 0 unspecified atom stereocenters. The summed E-state index contributed by atoms with van der Waals surface area (Å²) in [5.74, 6) is -0.527. The summed E-state index contributed by atoms with van der Waals surface area (Å²) in [5, 5.41) is 3.16. The van der Waals surface area contributed by atoms with Crippen LogP contribution < -0.4 is 19.9 Å². The van der Waals surface area contributed by atoms with Crippen molar-refractivity contribution in [3.8, 4) is 28.2 Å². The molecule has 13 heteroatoms. The number of rotatable bonds is 8. The first-order chi connectivity index (χ1) is 22.8. The number of hydrogen-bond acceptors (Lipinski definition) is 7. The number of amides is 1. The second-order valence-corrected chi connectivity index (χ2v) is 13.3. The Labute approximate surface area is 274 Å². The van der Waals surface area contributed by atoms with Gasteiger partial charge in [0.05, 0.1) is 36.5 Å². The maximum atomic E-state index is 14.0. The van der Waals surface area contributed by atoms with Gasteiger partial charge in [0, 0.05) is 36.7 Å². The van der Waals surface area contributed by atoms with Gasteiger partial charge in [-0.1, -0.05) is 12.1 Å². The van der Waals surface area contributed by atoms with Crippen molar-refractivity contribution in [3.05, 3.63) is 112 Å². The highest BCUT2D eigenvalue weighted by molar-refractivity contribution is 7.92. The number of aryl methyl sites for hydroxylation is 1. The number of methoxy groups -OCH3 is 1. The summed E-state index contributed by atoms with van der Waals surface area (Å²) in [4.78, 5) is 32.0. The summed E-state index contributed by atoms with van der Waals surface area (Å²) in [6.07, 6.45) is 1.05. The number of benzene rings is 4. The van der Waals surface area contributed by atoms with Crippen LogP contribution in [-0.2, 0) is 16.6 Å². The minimum atomic E-state index is -3.82. The van der Waals surface area contributed by atoms with Crippen molar-refractivity contribution in [2.24, 2.45) is 0 Å². The number of nitrogens with one attached hydrogen (secondary N) is 1. The predicted molar refractivity (Wildman–Crippen MR) is 180 cm³/mol. The summed E-state index contributed by atoms with van der Waals surface area (Å²) in [7, 11) is 0.452. The molecule has 1 amide bonds. The molecule has 48 heavy (non-hydrogen) atoms. The van der Waals surface area contributed by atoms with Crippen molar-refractivity contribution in [1.29, 1.82) is 0 Å². The highest BCUT2D eigenvalue weighted by Gasteiger charge is 2.27. The van der Waals surface area contributed by atoms with Gasteiger partial charge in [-0.15, -0.1) is 0 Å². The van der Waals surface area contributed by atoms with E-state index in [1.807, 2.05) is 0 Å². The zero-order valence-corrected chi connectivity index (χ0v) is 27.4. The van der Waals surface area contributed by atoms with Crippen LogP contribution in [0.4, 0.5) is 14.5 Å². The maximum Gasteiger partial charge on any atom is 0.261 e. The Balaban J connectivity index is 1.65. The molecule has 0 atom stereocenters. The molecule has 0 aliphatic carbocycles. The lowest BCUT2D eigenvalue weighted by Gasteiger charge is -2.21. The SMILES string of the molecule is CNC(=O)c1c(-c2ccc(F)cc2)oc2cc(N(C)S(C)(=O)=O)c(-c3cc(OC)c4nc(C)n(Cc5ccc(F)cc5)c(=O)c4c3)cc12. The zero-order valence-electron chi connectivity index (χ0n) is 26.6. The number of fused-ring (bicyclic) bond motifs is 2.